The summed E-state index contributed by atoms with van der Waals surface area (Å²) < 4.78 is 0. The summed E-state index contributed by atoms with van der Waals surface area (Å²) in [5.74, 6) is 0. The van der Waals surface area contributed by atoms with Gasteiger partial charge in [-0.3, -0.25) is 0 Å². The van der Waals surface area contributed by atoms with Gasteiger partial charge in [-0.2, -0.15) is 0 Å². The molecule has 0 radical (unpaired) electrons. The van der Waals surface area contributed by atoms with E-state index in [2.05, 4.69) is 48.6 Å². The Bertz CT molecular complexity index is 163. The molecule has 0 N–H and O–H groups in total. The molecule has 0 heterocycles. The van der Waals surface area contributed by atoms with E-state index in [0.717, 1.165) is 12.8 Å². The number of halogens is 2. The van der Waals surface area contributed by atoms with Crippen molar-refractivity contribution in [1.29, 1.82) is 0 Å². The Hall–Kier alpha value is 0.0595. The van der Waals surface area contributed by atoms with E-state index in [9.17, 15) is 0 Å². The van der Waals surface area contributed by atoms with Gasteiger partial charge in [-0.05, 0) is 12.8 Å². The monoisotopic (exact) mass is 258 g/mol. The minimum atomic E-state index is 0.194. The van der Waals surface area contributed by atoms with E-state index in [4.69, 9.17) is 20.2 Å². The van der Waals surface area contributed by atoms with Crippen molar-refractivity contribution in [2.24, 2.45) is 0 Å². The maximum absolute atomic E-state index is 4.76. The Balaban J connectivity index is 0.000000174. The molecule has 0 spiro atoms. The average Bonchev–Trinajstić information content (AvgIpc) is 2.85. The van der Waals surface area contributed by atoms with Crippen LogP contribution in [0.25, 0.3) is 0 Å². The summed E-state index contributed by atoms with van der Waals surface area (Å²) >= 11 is 0.194. The Morgan fingerprint density at radius 3 is 1.00 bits per heavy atom. The molecule has 0 aromatic carbocycles. The molecule has 2 aliphatic rings. The third kappa shape index (κ3) is 12.1. The van der Waals surface area contributed by atoms with Gasteiger partial charge in [0.2, 0.25) is 0 Å². The molecule has 13 heavy (non-hydrogen) atoms. The third-order valence-corrected chi connectivity index (χ3v) is 1.31. The molecule has 0 aliphatic heterocycles. The molecule has 0 saturated carbocycles. The second kappa shape index (κ2) is 12.1. The van der Waals surface area contributed by atoms with E-state index >= 15 is 0 Å². The molecule has 0 aromatic heterocycles. The Kier molecular flexibility index (Phi) is 12.1. The van der Waals surface area contributed by atoms with Crippen LogP contribution in [0.4, 0.5) is 0 Å². The SMILES string of the molecule is C1=CCC=C1.C1=CCC=C1.[Cl][Fe][Cl]. The van der Waals surface area contributed by atoms with Gasteiger partial charge in [0.15, 0.2) is 0 Å². The molecular weight excluding hydrogens is 247 g/mol. The van der Waals surface area contributed by atoms with E-state index in [1.165, 1.54) is 0 Å². The summed E-state index contributed by atoms with van der Waals surface area (Å²) in [6, 6.07) is 0. The molecule has 2 rings (SSSR count). The third-order valence-electron chi connectivity index (χ3n) is 1.31. The van der Waals surface area contributed by atoms with Crippen LogP contribution in [0.15, 0.2) is 48.6 Å². The number of hydrogen-bond donors (Lipinski definition) is 0. The van der Waals surface area contributed by atoms with E-state index in [-0.39, 0.29) is 13.1 Å². The van der Waals surface area contributed by atoms with Crippen LogP contribution in [-0.4, -0.2) is 0 Å². The predicted molar refractivity (Wildman–Crippen MR) is 57.5 cm³/mol. The first-order valence-electron chi connectivity index (χ1n) is 3.90. The van der Waals surface area contributed by atoms with Crippen LogP contribution in [0, 0.1) is 0 Å². The molecular formula is C10H12Cl2Fe. The van der Waals surface area contributed by atoms with E-state index in [1.54, 1.807) is 0 Å². The summed E-state index contributed by atoms with van der Waals surface area (Å²) in [6.07, 6.45) is 19.0. The van der Waals surface area contributed by atoms with Gasteiger partial charge in [0.25, 0.3) is 0 Å². The molecule has 0 bridgehead atoms. The molecule has 74 valence electrons. The topological polar surface area (TPSA) is 0 Å². The fraction of sp³-hybridized carbons (Fsp3) is 0.200. The van der Waals surface area contributed by atoms with Crippen molar-refractivity contribution >= 4 is 20.2 Å². The molecule has 0 atom stereocenters. The fourth-order valence-corrected chi connectivity index (χ4v) is 0.786. The molecule has 0 fully saturated rings. The quantitative estimate of drug-likeness (QED) is 0.566. The molecule has 0 nitrogen and oxygen atoms in total. The standard InChI is InChI=1S/2C5H6.2ClH.Fe/c2*1-2-4-5-3-1;;;/h2*1-4H,5H2;2*1H;/q;;;;+2/p-2. The van der Waals surface area contributed by atoms with Crippen molar-refractivity contribution in [3.05, 3.63) is 48.6 Å². The molecule has 0 saturated heterocycles. The van der Waals surface area contributed by atoms with E-state index in [0.29, 0.717) is 0 Å². The first kappa shape index (κ1) is 13.1. The van der Waals surface area contributed by atoms with Gasteiger partial charge >= 0.3 is 33.3 Å². The van der Waals surface area contributed by atoms with Crippen molar-refractivity contribution in [2.45, 2.75) is 12.8 Å². The molecule has 0 unspecified atom stereocenters. The normalized spacial score (nSPS) is 15.2. The van der Waals surface area contributed by atoms with Gasteiger partial charge in [0.05, 0.1) is 0 Å². The van der Waals surface area contributed by atoms with Gasteiger partial charge in [-0.1, -0.05) is 48.6 Å². The van der Waals surface area contributed by atoms with Gasteiger partial charge < -0.3 is 0 Å². The number of rotatable bonds is 0. The summed E-state index contributed by atoms with van der Waals surface area (Å²) in [5.41, 5.74) is 0. The minimum absolute atomic E-state index is 0.194. The summed E-state index contributed by atoms with van der Waals surface area (Å²) in [5, 5.41) is 0. The zero-order valence-corrected chi connectivity index (χ0v) is 9.76. The maximum atomic E-state index is 4.76. The summed E-state index contributed by atoms with van der Waals surface area (Å²) in [6.45, 7) is 0. The van der Waals surface area contributed by atoms with Crippen LogP contribution in [0.1, 0.15) is 12.8 Å². The van der Waals surface area contributed by atoms with Crippen LogP contribution in [0.5, 0.6) is 0 Å². The van der Waals surface area contributed by atoms with Crippen molar-refractivity contribution in [1.82, 2.24) is 0 Å². The average molecular weight is 259 g/mol. The van der Waals surface area contributed by atoms with Crippen LogP contribution in [0.3, 0.4) is 0 Å². The Labute approximate surface area is 94.6 Å². The summed E-state index contributed by atoms with van der Waals surface area (Å²) in [7, 11) is 9.53. The molecule has 3 heteroatoms. The van der Waals surface area contributed by atoms with Crippen molar-refractivity contribution in [3.8, 4) is 0 Å². The van der Waals surface area contributed by atoms with Gasteiger partial charge in [-0.15, -0.1) is 0 Å². The van der Waals surface area contributed by atoms with Crippen LogP contribution < -0.4 is 0 Å². The van der Waals surface area contributed by atoms with Crippen LogP contribution >= 0.6 is 20.2 Å². The molecule has 0 aromatic rings. The van der Waals surface area contributed by atoms with Gasteiger partial charge in [0.1, 0.15) is 0 Å². The zero-order chi connectivity index (χ0) is 9.78. The number of hydrogen-bond acceptors (Lipinski definition) is 0. The fourth-order valence-electron chi connectivity index (χ4n) is 0.786. The van der Waals surface area contributed by atoms with Crippen LogP contribution in [-0.2, 0) is 13.1 Å². The Morgan fingerprint density at radius 2 is 0.923 bits per heavy atom. The van der Waals surface area contributed by atoms with Gasteiger partial charge in [0, 0.05) is 0 Å². The second-order valence-corrected chi connectivity index (χ2v) is 4.06. The van der Waals surface area contributed by atoms with Crippen molar-refractivity contribution < 1.29 is 13.1 Å². The number of allylic oxidation sites excluding steroid dienone is 8. The summed E-state index contributed by atoms with van der Waals surface area (Å²) in [4.78, 5) is 0. The van der Waals surface area contributed by atoms with E-state index < -0.39 is 0 Å². The first-order valence-corrected chi connectivity index (χ1v) is 6.94. The Morgan fingerprint density at radius 1 is 0.692 bits per heavy atom. The molecule has 2 aliphatic carbocycles. The van der Waals surface area contributed by atoms with Gasteiger partial charge in [-0.25, -0.2) is 0 Å². The molecule has 0 amide bonds. The predicted octanol–water partition coefficient (Wildman–Crippen LogP) is 4.38. The van der Waals surface area contributed by atoms with Crippen LogP contribution in [0.2, 0.25) is 0 Å². The zero-order valence-electron chi connectivity index (χ0n) is 7.14. The van der Waals surface area contributed by atoms with E-state index in [1.807, 2.05) is 0 Å². The van der Waals surface area contributed by atoms with Crippen molar-refractivity contribution in [3.63, 3.8) is 0 Å². The van der Waals surface area contributed by atoms with Crippen molar-refractivity contribution in [2.75, 3.05) is 0 Å². The second-order valence-electron chi connectivity index (χ2n) is 2.23. The first-order chi connectivity index (χ1) is 6.41.